The number of carbonyl (C=O) groups excluding carboxylic acids is 1. The van der Waals surface area contributed by atoms with Crippen molar-refractivity contribution in [2.45, 2.75) is 59.7 Å². The first-order valence-corrected chi connectivity index (χ1v) is 12.9. The lowest BCUT2D eigenvalue weighted by Gasteiger charge is -2.34. The van der Waals surface area contributed by atoms with E-state index < -0.39 is 17.7 Å². The van der Waals surface area contributed by atoms with Crippen molar-refractivity contribution in [2.24, 2.45) is 5.41 Å². The van der Waals surface area contributed by atoms with Crippen molar-refractivity contribution in [1.29, 1.82) is 0 Å². The zero-order valence-electron chi connectivity index (χ0n) is 23.7. The van der Waals surface area contributed by atoms with Crippen molar-refractivity contribution >= 4 is 17.4 Å². The minimum absolute atomic E-state index is 0.0795. The number of alkyl halides is 3. The molecule has 0 radical (unpaired) electrons. The second-order valence-electron chi connectivity index (χ2n) is 11.8. The van der Waals surface area contributed by atoms with Crippen LogP contribution in [-0.2, 0) is 6.18 Å². The maximum atomic E-state index is 13.1. The van der Waals surface area contributed by atoms with Crippen LogP contribution >= 0.6 is 0 Å². The maximum absolute atomic E-state index is 13.1. The minimum atomic E-state index is -4.57. The third-order valence-electron chi connectivity index (χ3n) is 6.28. The Hall–Kier alpha value is -4.01. The van der Waals surface area contributed by atoms with E-state index in [2.05, 4.69) is 39.9 Å². The summed E-state index contributed by atoms with van der Waals surface area (Å²) >= 11 is 0. The van der Waals surface area contributed by atoms with Gasteiger partial charge in [0.25, 0.3) is 0 Å². The SMILES string of the molecule is COc1cc(-c2nc3cc(C)ccn3c2NC(C)(C)CC(C)(C)C)ccc1OC(=O)c1cccc(C(F)(F)F)c1. The number of imidazole rings is 1. The third kappa shape index (κ3) is 6.58. The second-order valence-corrected chi connectivity index (χ2v) is 11.8. The molecule has 40 heavy (non-hydrogen) atoms. The van der Waals surface area contributed by atoms with Crippen molar-refractivity contribution in [3.8, 4) is 22.8 Å². The normalized spacial score (nSPS) is 12.4. The number of fused-ring (bicyclic) bond motifs is 1. The summed E-state index contributed by atoms with van der Waals surface area (Å²) in [4.78, 5) is 17.6. The van der Waals surface area contributed by atoms with Gasteiger partial charge in [0.2, 0.25) is 0 Å². The molecule has 0 aliphatic rings. The summed E-state index contributed by atoms with van der Waals surface area (Å²) < 4.78 is 52.3. The molecule has 0 bridgehead atoms. The quantitative estimate of drug-likeness (QED) is 0.185. The van der Waals surface area contributed by atoms with Crippen LogP contribution in [0.4, 0.5) is 19.0 Å². The molecule has 6 nitrogen and oxygen atoms in total. The molecule has 2 aromatic heterocycles. The molecule has 4 rings (SSSR count). The van der Waals surface area contributed by atoms with Gasteiger partial charge in [-0.2, -0.15) is 13.2 Å². The summed E-state index contributed by atoms with van der Waals surface area (Å²) in [6.45, 7) is 12.9. The summed E-state index contributed by atoms with van der Waals surface area (Å²) in [5.74, 6) is 0.202. The molecule has 0 aliphatic carbocycles. The number of nitrogens with zero attached hydrogens (tertiary/aromatic N) is 2. The molecule has 212 valence electrons. The molecule has 0 saturated heterocycles. The van der Waals surface area contributed by atoms with Crippen LogP contribution in [0, 0.1) is 12.3 Å². The standard InChI is InChI=1S/C31H34F3N3O3/c1-19-13-14-37-25(15-19)35-26(27(37)36-30(5,6)18-29(2,3)4)20-11-12-23(24(17-20)39-7)40-28(38)21-9-8-10-22(16-21)31(32,33)34/h8-17,36H,18H2,1-7H3. The molecular formula is C31H34F3N3O3. The van der Waals surface area contributed by atoms with Gasteiger partial charge in [-0.05, 0) is 86.7 Å². The lowest BCUT2D eigenvalue weighted by atomic mass is 9.82. The lowest BCUT2D eigenvalue weighted by molar-refractivity contribution is -0.137. The van der Waals surface area contributed by atoms with E-state index in [9.17, 15) is 18.0 Å². The molecule has 0 saturated carbocycles. The van der Waals surface area contributed by atoms with Crippen molar-refractivity contribution in [2.75, 3.05) is 12.4 Å². The number of hydrogen-bond acceptors (Lipinski definition) is 5. The van der Waals surface area contributed by atoms with Gasteiger partial charge in [0.05, 0.1) is 18.2 Å². The van der Waals surface area contributed by atoms with Crippen LogP contribution in [0.1, 0.15) is 62.5 Å². The monoisotopic (exact) mass is 553 g/mol. The number of anilines is 1. The molecule has 0 spiro atoms. The zero-order valence-corrected chi connectivity index (χ0v) is 23.7. The van der Waals surface area contributed by atoms with E-state index in [1.807, 2.05) is 29.7 Å². The minimum Gasteiger partial charge on any atom is -0.493 e. The first-order valence-electron chi connectivity index (χ1n) is 12.9. The number of pyridine rings is 1. The van der Waals surface area contributed by atoms with Gasteiger partial charge in [-0.3, -0.25) is 4.40 Å². The largest absolute Gasteiger partial charge is 0.493 e. The molecule has 9 heteroatoms. The summed E-state index contributed by atoms with van der Waals surface area (Å²) in [7, 11) is 1.43. The van der Waals surface area contributed by atoms with E-state index in [0.29, 0.717) is 11.3 Å². The predicted molar refractivity (Wildman–Crippen MR) is 150 cm³/mol. The zero-order chi connectivity index (χ0) is 29.5. The van der Waals surface area contributed by atoms with E-state index in [-0.39, 0.29) is 28.0 Å². The average molecular weight is 554 g/mol. The van der Waals surface area contributed by atoms with E-state index in [4.69, 9.17) is 14.5 Å². The van der Waals surface area contributed by atoms with Gasteiger partial charge in [0.1, 0.15) is 17.2 Å². The Kier molecular flexibility index (Phi) is 7.62. The molecule has 1 N–H and O–H groups in total. The summed E-state index contributed by atoms with van der Waals surface area (Å²) in [6.07, 6.45) is -1.71. The Bertz CT molecular complexity index is 1550. The fraction of sp³-hybridized carbons (Fsp3) is 0.355. The Balaban J connectivity index is 1.71. The molecule has 0 fully saturated rings. The average Bonchev–Trinajstić information content (AvgIpc) is 3.18. The van der Waals surface area contributed by atoms with Gasteiger partial charge in [-0.1, -0.05) is 26.8 Å². The highest BCUT2D eigenvalue weighted by molar-refractivity contribution is 5.92. The molecule has 4 aromatic rings. The highest BCUT2D eigenvalue weighted by Gasteiger charge is 2.31. The Labute approximate surface area is 232 Å². The van der Waals surface area contributed by atoms with E-state index in [1.54, 1.807) is 18.2 Å². The number of benzene rings is 2. The van der Waals surface area contributed by atoms with E-state index in [0.717, 1.165) is 35.6 Å². The van der Waals surface area contributed by atoms with Crippen LogP contribution in [-0.4, -0.2) is 28.0 Å². The topological polar surface area (TPSA) is 64.9 Å². The molecule has 0 aliphatic heterocycles. The molecule has 2 heterocycles. The van der Waals surface area contributed by atoms with Crippen molar-refractivity contribution in [1.82, 2.24) is 9.38 Å². The highest BCUT2D eigenvalue weighted by Crippen LogP contribution is 2.39. The van der Waals surface area contributed by atoms with Crippen LogP contribution in [0.25, 0.3) is 16.9 Å². The van der Waals surface area contributed by atoms with Gasteiger partial charge < -0.3 is 14.8 Å². The van der Waals surface area contributed by atoms with Crippen molar-refractivity contribution < 1.29 is 27.4 Å². The van der Waals surface area contributed by atoms with Gasteiger partial charge in [-0.15, -0.1) is 0 Å². The van der Waals surface area contributed by atoms with Gasteiger partial charge in [-0.25, -0.2) is 9.78 Å². The number of methoxy groups -OCH3 is 1. The van der Waals surface area contributed by atoms with Crippen LogP contribution in [0.2, 0.25) is 0 Å². The molecule has 0 amide bonds. The van der Waals surface area contributed by atoms with Crippen LogP contribution in [0.3, 0.4) is 0 Å². The third-order valence-corrected chi connectivity index (χ3v) is 6.28. The van der Waals surface area contributed by atoms with E-state index >= 15 is 0 Å². The maximum Gasteiger partial charge on any atom is 0.416 e. The van der Waals surface area contributed by atoms with Crippen molar-refractivity contribution in [3.05, 3.63) is 77.5 Å². The number of esters is 1. The fourth-order valence-corrected chi connectivity index (χ4v) is 5.04. The summed E-state index contributed by atoms with van der Waals surface area (Å²) in [6, 6.07) is 13.1. The molecular weight excluding hydrogens is 519 g/mol. The van der Waals surface area contributed by atoms with E-state index in [1.165, 1.54) is 19.2 Å². The smallest absolute Gasteiger partial charge is 0.416 e. The number of ether oxygens (including phenoxy) is 2. The number of halogens is 3. The predicted octanol–water partition coefficient (Wildman–Crippen LogP) is 8.18. The first-order chi connectivity index (χ1) is 18.6. The molecule has 0 unspecified atom stereocenters. The second kappa shape index (κ2) is 10.5. The summed E-state index contributed by atoms with van der Waals surface area (Å²) in [5, 5.41) is 3.69. The molecule has 2 aromatic carbocycles. The molecule has 0 atom stereocenters. The Morgan fingerprint density at radius 1 is 0.975 bits per heavy atom. The first kappa shape index (κ1) is 29.0. The summed E-state index contributed by atoms with van der Waals surface area (Å²) in [5.41, 5.74) is 1.90. The van der Waals surface area contributed by atoms with Gasteiger partial charge in [0.15, 0.2) is 11.5 Å². The van der Waals surface area contributed by atoms with Gasteiger partial charge >= 0.3 is 12.1 Å². The number of aryl methyl sites for hydroxylation is 1. The number of carbonyl (C=O) groups is 1. The van der Waals surface area contributed by atoms with Gasteiger partial charge in [0, 0.05) is 17.3 Å². The number of nitrogens with one attached hydrogen (secondary N) is 1. The number of aromatic nitrogens is 2. The van der Waals surface area contributed by atoms with Crippen LogP contribution in [0.15, 0.2) is 60.8 Å². The lowest BCUT2D eigenvalue weighted by Crippen LogP contribution is -2.36. The van der Waals surface area contributed by atoms with Crippen molar-refractivity contribution in [3.63, 3.8) is 0 Å². The number of hydrogen-bond donors (Lipinski definition) is 1. The number of rotatable bonds is 7. The highest BCUT2D eigenvalue weighted by atomic mass is 19.4. The Morgan fingerprint density at radius 3 is 2.35 bits per heavy atom. The van der Waals surface area contributed by atoms with Crippen LogP contribution < -0.4 is 14.8 Å². The Morgan fingerprint density at radius 2 is 1.70 bits per heavy atom. The van der Waals surface area contributed by atoms with Crippen LogP contribution in [0.5, 0.6) is 11.5 Å². The fourth-order valence-electron chi connectivity index (χ4n) is 5.04.